The van der Waals surface area contributed by atoms with E-state index in [-0.39, 0.29) is 6.10 Å². The van der Waals surface area contributed by atoms with Gasteiger partial charge in [0.1, 0.15) is 0 Å². The summed E-state index contributed by atoms with van der Waals surface area (Å²) in [5, 5.41) is 12.3. The number of imidazole rings is 1. The largest absolute Gasteiger partial charge is 0.393 e. The van der Waals surface area contributed by atoms with Crippen LogP contribution in [0, 0.1) is 0 Å². The third-order valence-electron chi connectivity index (χ3n) is 2.14. The standard InChI is InChI=1S/C10H19N3O/c1-3-13-8-7-12-10(13)11-6-4-5-9(2)14/h7-9,14H,3-6H2,1-2H3,(H,11,12). The molecule has 80 valence electrons. The van der Waals surface area contributed by atoms with Gasteiger partial charge in [0.15, 0.2) is 0 Å². The van der Waals surface area contributed by atoms with Gasteiger partial charge in [-0.05, 0) is 26.7 Å². The summed E-state index contributed by atoms with van der Waals surface area (Å²) in [4.78, 5) is 4.19. The molecule has 1 unspecified atom stereocenters. The highest BCUT2D eigenvalue weighted by atomic mass is 16.3. The fourth-order valence-electron chi connectivity index (χ4n) is 1.33. The molecule has 1 atom stereocenters. The highest BCUT2D eigenvalue weighted by Crippen LogP contribution is 2.04. The van der Waals surface area contributed by atoms with E-state index in [2.05, 4.69) is 21.8 Å². The van der Waals surface area contributed by atoms with Crippen molar-refractivity contribution < 1.29 is 5.11 Å². The van der Waals surface area contributed by atoms with E-state index in [0.29, 0.717) is 0 Å². The van der Waals surface area contributed by atoms with Crippen molar-refractivity contribution in [2.75, 3.05) is 11.9 Å². The molecule has 0 spiro atoms. The molecule has 4 nitrogen and oxygen atoms in total. The van der Waals surface area contributed by atoms with Crippen LogP contribution in [-0.4, -0.2) is 27.3 Å². The average Bonchev–Trinajstić information content (AvgIpc) is 2.59. The summed E-state index contributed by atoms with van der Waals surface area (Å²) in [6.45, 7) is 5.69. The van der Waals surface area contributed by atoms with E-state index >= 15 is 0 Å². The van der Waals surface area contributed by atoms with Crippen LogP contribution in [0.1, 0.15) is 26.7 Å². The lowest BCUT2D eigenvalue weighted by Crippen LogP contribution is -2.10. The van der Waals surface area contributed by atoms with Crippen LogP contribution < -0.4 is 5.32 Å². The quantitative estimate of drug-likeness (QED) is 0.679. The number of nitrogens with zero attached hydrogens (tertiary/aromatic N) is 2. The molecule has 0 aromatic carbocycles. The number of aromatic nitrogens is 2. The van der Waals surface area contributed by atoms with E-state index in [1.807, 2.05) is 13.1 Å². The second kappa shape index (κ2) is 5.65. The summed E-state index contributed by atoms with van der Waals surface area (Å²) >= 11 is 0. The van der Waals surface area contributed by atoms with Gasteiger partial charge in [-0.3, -0.25) is 0 Å². The number of rotatable bonds is 6. The molecule has 1 heterocycles. The first-order valence-electron chi connectivity index (χ1n) is 5.17. The number of aliphatic hydroxyl groups excluding tert-OH is 1. The van der Waals surface area contributed by atoms with Crippen molar-refractivity contribution in [1.82, 2.24) is 9.55 Å². The Kier molecular flexibility index (Phi) is 4.46. The van der Waals surface area contributed by atoms with Crippen LogP contribution in [-0.2, 0) is 6.54 Å². The Bertz CT molecular complexity index is 258. The van der Waals surface area contributed by atoms with Gasteiger partial charge < -0.3 is 15.0 Å². The number of aryl methyl sites for hydroxylation is 1. The maximum atomic E-state index is 9.06. The SMILES string of the molecule is CCn1ccnc1NCCCC(C)O. The molecular weight excluding hydrogens is 178 g/mol. The molecule has 1 aromatic heterocycles. The van der Waals surface area contributed by atoms with Gasteiger partial charge in [-0.2, -0.15) is 0 Å². The van der Waals surface area contributed by atoms with Gasteiger partial charge in [0.05, 0.1) is 6.10 Å². The first-order valence-corrected chi connectivity index (χ1v) is 5.17. The van der Waals surface area contributed by atoms with Gasteiger partial charge in [-0.25, -0.2) is 4.98 Å². The Hall–Kier alpha value is -1.03. The molecule has 0 fully saturated rings. The predicted molar refractivity (Wildman–Crippen MR) is 57.3 cm³/mol. The maximum absolute atomic E-state index is 9.06. The van der Waals surface area contributed by atoms with Crippen molar-refractivity contribution in [3.63, 3.8) is 0 Å². The van der Waals surface area contributed by atoms with Crippen molar-refractivity contribution in [2.45, 2.75) is 39.3 Å². The van der Waals surface area contributed by atoms with E-state index in [1.54, 1.807) is 6.20 Å². The Balaban J connectivity index is 2.24. The molecule has 1 aromatic rings. The van der Waals surface area contributed by atoms with E-state index < -0.39 is 0 Å². The lowest BCUT2D eigenvalue weighted by Gasteiger charge is -2.08. The van der Waals surface area contributed by atoms with Crippen LogP contribution in [0.25, 0.3) is 0 Å². The number of hydrogen-bond acceptors (Lipinski definition) is 3. The predicted octanol–water partition coefficient (Wildman–Crippen LogP) is 1.48. The minimum absolute atomic E-state index is 0.206. The third-order valence-corrected chi connectivity index (χ3v) is 2.14. The maximum Gasteiger partial charge on any atom is 0.202 e. The van der Waals surface area contributed by atoms with Crippen LogP contribution in [0.3, 0.4) is 0 Å². The number of anilines is 1. The number of nitrogens with one attached hydrogen (secondary N) is 1. The molecule has 14 heavy (non-hydrogen) atoms. The fraction of sp³-hybridized carbons (Fsp3) is 0.700. The molecule has 0 radical (unpaired) electrons. The summed E-state index contributed by atoms with van der Waals surface area (Å²) < 4.78 is 2.06. The normalized spacial score (nSPS) is 12.8. The van der Waals surface area contributed by atoms with Gasteiger partial charge >= 0.3 is 0 Å². The zero-order valence-electron chi connectivity index (χ0n) is 8.90. The average molecular weight is 197 g/mol. The van der Waals surface area contributed by atoms with E-state index in [9.17, 15) is 0 Å². The zero-order chi connectivity index (χ0) is 10.4. The van der Waals surface area contributed by atoms with Gasteiger partial charge in [0.2, 0.25) is 5.95 Å². The Morgan fingerprint density at radius 2 is 2.43 bits per heavy atom. The lowest BCUT2D eigenvalue weighted by atomic mass is 10.2. The second-order valence-electron chi connectivity index (χ2n) is 3.45. The zero-order valence-corrected chi connectivity index (χ0v) is 8.90. The molecule has 1 rings (SSSR count). The van der Waals surface area contributed by atoms with Gasteiger partial charge in [0, 0.05) is 25.5 Å². The van der Waals surface area contributed by atoms with Crippen molar-refractivity contribution >= 4 is 5.95 Å². The molecule has 0 aliphatic carbocycles. The molecule has 0 saturated heterocycles. The monoisotopic (exact) mass is 197 g/mol. The van der Waals surface area contributed by atoms with E-state index in [1.165, 1.54) is 0 Å². The van der Waals surface area contributed by atoms with Gasteiger partial charge in [-0.1, -0.05) is 0 Å². The highest BCUT2D eigenvalue weighted by molar-refractivity contribution is 5.25. The lowest BCUT2D eigenvalue weighted by molar-refractivity contribution is 0.183. The van der Waals surface area contributed by atoms with Crippen LogP contribution in [0.5, 0.6) is 0 Å². The summed E-state index contributed by atoms with van der Waals surface area (Å²) in [5.74, 6) is 0.915. The van der Waals surface area contributed by atoms with Crippen molar-refractivity contribution in [3.8, 4) is 0 Å². The molecule has 0 aliphatic rings. The number of aliphatic hydroxyl groups is 1. The third kappa shape index (κ3) is 3.38. The summed E-state index contributed by atoms with van der Waals surface area (Å²) in [6.07, 6.45) is 5.34. The molecule has 0 bridgehead atoms. The second-order valence-corrected chi connectivity index (χ2v) is 3.45. The van der Waals surface area contributed by atoms with E-state index in [4.69, 9.17) is 5.11 Å². The number of hydrogen-bond donors (Lipinski definition) is 2. The Morgan fingerprint density at radius 3 is 3.07 bits per heavy atom. The summed E-state index contributed by atoms with van der Waals surface area (Å²) in [5.41, 5.74) is 0. The van der Waals surface area contributed by atoms with Crippen LogP contribution >= 0.6 is 0 Å². The van der Waals surface area contributed by atoms with Crippen molar-refractivity contribution in [3.05, 3.63) is 12.4 Å². The van der Waals surface area contributed by atoms with Crippen molar-refractivity contribution in [1.29, 1.82) is 0 Å². The van der Waals surface area contributed by atoms with Gasteiger partial charge in [0.25, 0.3) is 0 Å². The topological polar surface area (TPSA) is 50.1 Å². The molecule has 2 N–H and O–H groups in total. The van der Waals surface area contributed by atoms with Crippen LogP contribution in [0.2, 0.25) is 0 Å². The van der Waals surface area contributed by atoms with Crippen LogP contribution in [0.4, 0.5) is 5.95 Å². The van der Waals surface area contributed by atoms with Crippen LogP contribution in [0.15, 0.2) is 12.4 Å². The van der Waals surface area contributed by atoms with Crippen molar-refractivity contribution in [2.24, 2.45) is 0 Å². The first kappa shape index (κ1) is 11.0. The Morgan fingerprint density at radius 1 is 1.64 bits per heavy atom. The van der Waals surface area contributed by atoms with E-state index in [0.717, 1.165) is 31.9 Å². The molecule has 4 heteroatoms. The minimum atomic E-state index is -0.206. The summed E-state index contributed by atoms with van der Waals surface area (Å²) in [7, 11) is 0. The molecular formula is C10H19N3O. The highest BCUT2D eigenvalue weighted by Gasteiger charge is 1.99. The first-order chi connectivity index (χ1) is 6.74. The smallest absolute Gasteiger partial charge is 0.202 e. The van der Waals surface area contributed by atoms with Gasteiger partial charge in [-0.15, -0.1) is 0 Å². The molecule has 0 saturated carbocycles. The fourth-order valence-corrected chi connectivity index (χ4v) is 1.33. The summed E-state index contributed by atoms with van der Waals surface area (Å²) in [6, 6.07) is 0. The molecule has 0 amide bonds. The molecule has 0 aliphatic heterocycles. The minimum Gasteiger partial charge on any atom is -0.393 e. The Labute approximate surface area is 85.0 Å².